The summed E-state index contributed by atoms with van der Waals surface area (Å²) in [5, 5.41) is 0.339. The summed E-state index contributed by atoms with van der Waals surface area (Å²) >= 11 is 0.705. The van der Waals surface area contributed by atoms with Gasteiger partial charge in [0.1, 0.15) is 10.5 Å². The van der Waals surface area contributed by atoms with Crippen molar-refractivity contribution in [3.05, 3.63) is 11.1 Å². The van der Waals surface area contributed by atoms with E-state index in [1.807, 2.05) is 0 Å². The lowest BCUT2D eigenvalue weighted by molar-refractivity contribution is -0.0882. The third kappa shape index (κ3) is 4.59. The molecule has 0 aliphatic carbocycles. The van der Waals surface area contributed by atoms with Crippen LogP contribution in [0.15, 0.2) is 6.20 Å². The molecule has 1 aliphatic rings. The molecule has 0 radical (unpaired) electrons. The molecule has 0 N–H and O–H groups in total. The Balaban J connectivity index is 1.95. The van der Waals surface area contributed by atoms with Crippen LogP contribution in [0.1, 0.15) is 30.4 Å². The van der Waals surface area contributed by atoms with E-state index >= 15 is 0 Å². The Hall–Kier alpha value is -1.84. The minimum absolute atomic E-state index is 0.339. The van der Waals surface area contributed by atoms with Crippen LogP contribution >= 0.6 is 11.3 Å². The molecule has 0 unspecified atom stereocenters. The fourth-order valence-electron chi connectivity index (χ4n) is 2.06. The predicted octanol–water partition coefficient (Wildman–Crippen LogP) is 2.95. The number of piperazine rings is 1. The van der Waals surface area contributed by atoms with Gasteiger partial charge in [-0.3, -0.25) is 4.79 Å². The summed E-state index contributed by atoms with van der Waals surface area (Å²) in [4.78, 5) is 29.9. The number of carbonyl (C=O) groups is 2. The summed E-state index contributed by atoms with van der Waals surface area (Å²) in [5.41, 5.74) is -0.587. The van der Waals surface area contributed by atoms with E-state index in [-0.39, 0.29) is 0 Å². The third-order valence-electron chi connectivity index (χ3n) is 3.18. The predicted molar refractivity (Wildman–Crippen MR) is 82.5 cm³/mol. The molecule has 1 aromatic rings. The summed E-state index contributed by atoms with van der Waals surface area (Å²) < 4.78 is 42.5. The van der Waals surface area contributed by atoms with Gasteiger partial charge in [-0.25, -0.2) is 9.78 Å². The van der Waals surface area contributed by atoms with E-state index < -0.39 is 28.5 Å². The van der Waals surface area contributed by atoms with E-state index in [1.54, 1.807) is 25.7 Å². The summed E-state index contributed by atoms with van der Waals surface area (Å²) in [6.07, 6.45) is -4.39. The molecule has 0 aromatic carbocycles. The highest BCUT2D eigenvalue weighted by Crippen LogP contribution is 2.29. The van der Waals surface area contributed by atoms with Gasteiger partial charge in [-0.2, -0.15) is 13.2 Å². The molecule has 6 nitrogen and oxygen atoms in total. The molecule has 24 heavy (non-hydrogen) atoms. The van der Waals surface area contributed by atoms with E-state index in [4.69, 9.17) is 4.74 Å². The van der Waals surface area contributed by atoms with Gasteiger partial charge < -0.3 is 14.5 Å². The van der Waals surface area contributed by atoms with Crippen LogP contribution in [0, 0.1) is 0 Å². The fourth-order valence-corrected chi connectivity index (χ4v) is 2.99. The van der Waals surface area contributed by atoms with Crippen LogP contribution in [0.3, 0.4) is 0 Å². The molecule has 0 atom stereocenters. The molecule has 0 saturated carbocycles. The highest BCUT2D eigenvalue weighted by molar-refractivity contribution is 7.17. The average molecular weight is 365 g/mol. The molecule has 2 rings (SSSR count). The van der Waals surface area contributed by atoms with Crippen molar-refractivity contribution in [2.75, 3.05) is 31.1 Å². The molecule has 134 valence electrons. The van der Waals surface area contributed by atoms with Crippen LogP contribution in [0.25, 0.3) is 0 Å². The van der Waals surface area contributed by atoms with Crippen LogP contribution in [0.5, 0.6) is 0 Å². The highest BCUT2D eigenvalue weighted by atomic mass is 32.1. The van der Waals surface area contributed by atoms with E-state index in [2.05, 4.69) is 4.98 Å². The average Bonchev–Trinajstić information content (AvgIpc) is 2.93. The quantitative estimate of drug-likeness (QED) is 0.754. The van der Waals surface area contributed by atoms with E-state index in [1.165, 1.54) is 4.90 Å². The van der Waals surface area contributed by atoms with Crippen LogP contribution in [-0.2, 0) is 4.74 Å². The van der Waals surface area contributed by atoms with E-state index in [9.17, 15) is 22.8 Å². The number of carbonyl (C=O) groups excluding carboxylic acids is 2. The molecule has 10 heteroatoms. The molecule has 1 saturated heterocycles. The number of ketones is 1. The molecule has 2 heterocycles. The molecule has 0 bridgehead atoms. The minimum atomic E-state index is -4.90. The molecular formula is C14H18F3N3O3S. The van der Waals surface area contributed by atoms with Crippen molar-refractivity contribution >= 4 is 28.3 Å². The molecule has 1 amide bonds. The first-order valence-electron chi connectivity index (χ1n) is 7.27. The lowest BCUT2D eigenvalue weighted by atomic mass is 10.2. The van der Waals surface area contributed by atoms with Crippen LogP contribution in [0.4, 0.5) is 23.1 Å². The first-order valence-corrected chi connectivity index (χ1v) is 8.09. The standard InChI is InChI=1S/C14H18F3N3O3S/c1-13(2,3)23-12(22)20-6-4-19(5-7-20)11-18-8-9(24-11)10(21)14(15,16)17/h8H,4-7H2,1-3H3. The Bertz CT molecular complexity index is 617. The number of alkyl halides is 3. The number of hydrogen-bond donors (Lipinski definition) is 0. The second-order valence-corrected chi connectivity index (χ2v) is 7.30. The molecule has 0 spiro atoms. The number of amides is 1. The number of hydrogen-bond acceptors (Lipinski definition) is 6. The van der Waals surface area contributed by atoms with Crippen molar-refractivity contribution in [2.24, 2.45) is 0 Å². The number of rotatable bonds is 2. The van der Waals surface area contributed by atoms with Crippen molar-refractivity contribution in [1.29, 1.82) is 0 Å². The van der Waals surface area contributed by atoms with Crippen LogP contribution in [0.2, 0.25) is 0 Å². The van der Waals surface area contributed by atoms with Crippen LogP contribution in [-0.4, -0.2) is 59.7 Å². The Morgan fingerprint density at radius 3 is 2.25 bits per heavy atom. The summed E-state index contributed by atoms with van der Waals surface area (Å²) in [7, 11) is 0. The first-order chi connectivity index (χ1) is 11.0. The first kappa shape index (κ1) is 18.5. The number of halogens is 3. The van der Waals surface area contributed by atoms with Crippen molar-refractivity contribution in [2.45, 2.75) is 32.5 Å². The maximum Gasteiger partial charge on any atom is 0.455 e. The molecule has 1 aliphatic heterocycles. The van der Waals surface area contributed by atoms with E-state index in [0.717, 1.165) is 6.20 Å². The molecular weight excluding hydrogens is 347 g/mol. The Kier molecular flexibility index (Phi) is 5.07. The van der Waals surface area contributed by atoms with Crippen molar-refractivity contribution < 1.29 is 27.5 Å². The number of nitrogens with zero attached hydrogens (tertiary/aromatic N) is 3. The Morgan fingerprint density at radius 2 is 1.75 bits per heavy atom. The second kappa shape index (κ2) is 6.58. The normalized spacial score (nSPS) is 16.2. The van der Waals surface area contributed by atoms with Gasteiger partial charge in [-0.1, -0.05) is 11.3 Å². The lowest BCUT2D eigenvalue weighted by Gasteiger charge is -2.35. The zero-order valence-electron chi connectivity index (χ0n) is 13.5. The van der Waals surface area contributed by atoms with Gasteiger partial charge in [0.05, 0.1) is 6.20 Å². The fraction of sp³-hybridized carbons (Fsp3) is 0.643. The summed E-state index contributed by atoms with van der Waals surface area (Å²) in [5.74, 6) is -1.89. The topological polar surface area (TPSA) is 62.7 Å². The van der Waals surface area contributed by atoms with Gasteiger partial charge >= 0.3 is 12.3 Å². The van der Waals surface area contributed by atoms with Gasteiger partial charge in [-0.15, -0.1) is 0 Å². The minimum Gasteiger partial charge on any atom is -0.444 e. The van der Waals surface area contributed by atoms with Gasteiger partial charge in [0, 0.05) is 26.2 Å². The van der Waals surface area contributed by atoms with Gasteiger partial charge in [0.25, 0.3) is 5.78 Å². The van der Waals surface area contributed by atoms with Crippen molar-refractivity contribution in [1.82, 2.24) is 9.88 Å². The SMILES string of the molecule is CC(C)(C)OC(=O)N1CCN(c2ncc(C(=O)C(F)(F)F)s2)CC1. The molecule has 1 fully saturated rings. The number of anilines is 1. The third-order valence-corrected chi connectivity index (χ3v) is 4.23. The van der Waals surface area contributed by atoms with E-state index in [0.29, 0.717) is 42.6 Å². The Labute approximate surface area is 141 Å². The zero-order chi connectivity index (χ0) is 18.1. The highest BCUT2D eigenvalue weighted by Gasteiger charge is 2.40. The number of aromatic nitrogens is 1. The van der Waals surface area contributed by atoms with Crippen molar-refractivity contribution in [3.8, 4) is 0 Å². The number of Topliss-reactive ketones (excluding diaryl/α,β-unsaturated/α-hetero) is 1. The number of thiazole rings is 1. The van der Waals surface area contributed by atoms with Crippen molar-refractivity contribution in [3.63, 3.8) is 0 Å². The van der Waals surface area contributed by atoms with Gasteiger partial charge in [0.15, 0.2) is 5.13 Å². The summed E-state index contributed by atoms with van der Waals surface area (Å²) in [6, 6.07) is 0. The Morgan fingerprint density at radius 1 is 1.17 bits per heavy atom. The maximum atomic E-state index is 12.4. The number of ether oxygens (including phenoxy) is 1. The maximum absolute atomic E-state index is 12.4. The van der Waals surface area contributed by atoms with Gasteiger partial charge in [-0.05, 0) is 20.8 Å². The molecule has 1 aromatic heterocycles. The lowest BCUT2D eigenvalue weighted by Crippen LogP contribution is -2.50. The largest absolute Gasteiger partial charge is 0.455 e. The van der Waals surface area contributed by atoms with Crippen LogP contribution < -0.4 is 4.90 Å². The second-order valence-electron chi connectivity index (χ2n) is 6.29. The smallest absolute Gasteiger partial charge is 0.444 e. The summed E-state index contributed by atoms with van der Waals surface area (Å²) in [6.45, 7) is 6.88. The monoisotopic (exact) mass is 365 g/mol. The van der Waals surface area contributed by atoms with Gasteiger partial charge in [0.2, 0.25) is 0 Å². The zero-order valence-corrected chi connectivity index (χ0v) is 14.3.